The highest BCUT2D eigenvalue weighted by Crippen LogP contribution is 2.17. The quantitative estimate of drug-likeness (QED) is 0.284. The van der Waals surface area contributed by atoms with Crippen LogP contribution in [0.15, 0.2) is 24.3 Å². The van der Waals surface area contributed by atoms with Gasteiger partial charge in [-0.15, -0.1) is 0 Å². The third-order valence-electron chi connectivity index (χ3n) is 5.13. The summed E-state index contributed by atoms with van der Waals surface area (Å²) in [5, 5.41) is 7.97. The Hall–Kier alpha value is -2.92. The Morgan fingerprint density at radius 3 is 2.17 bits per heavy atom. The Balaban J connectivity index is 2.54. The number of carbonyl (C=O) groups is 4. The first-order valence-electron chi connectivity index (χ1n) is 11.9. The first-order valence-corrected chi connectivity index (χ1v) is 11.9. The maximum Gasteiger partial charge on any atom is 0.243 e. The van der Waals surface area contributed by atoms with Crippen LogP contribution in [0.2, 0.25) is 0 Å². The summed E-state index contributed by atoms with van der Waals surface area (Å²) >= 11 is 0. The standard InChI is InChI=1S/C25H39BN4O6/c1-16(2)21(30-19(31)13-25(5,6)36-12-11-24(3,4)27)22(33)28-14-20(32)29-18-9-7-17(8-10-18)15-35-23(26)34/h7-10,16,21H,11-15,27H2,1-6H3,(H,28,33)(H,29,32)(H,30,31). The van der Waals surface area contributed by atoms with E-state index >= 15 is 0 Å². The van der Waals surface area contributed by atoms with Crippen LogP contribution < -0.4 is 21.7 Å². The van der Waals surface area contributed by atoms with Gasteiger partial charge in [0.25, 0.3) is 0 Å². The molecule has 3 amide bonds. The van der Waals surface area contributed by atoms with Crippen LogP contribution in [0, 0.1) is 5.92 Å². The molecule has 5 N–H and O–H groups in total. The van der Waals surface area contributed by atoms with E-state index < -0.39 is 29.3 Å². The van der Waals surface area contributed by atoms with Gasteiger partial charge in [0.1, 0.15) is 12.6 Å². The van der Waals surface area contributed by atoms with Crippen molar-refractivity contribution in [2.75, 3.05) is 18.5 Å². The summed E-state index contributed by atoms with van der Waals surface area (Å²) in [6, 6.07) is 5.80. The summed E-state index contributed by atoms with van der Waals surface area (Å²) in [4.78, 5) is 48.2. The number of hydrogen-bond acceptors (Lipinski definition) is 7. The second-order valence-corrected chi connectivity index (χ2v) is 10.4. The predicted octanol–water partition coefficient (Wildman–Crippen LogP) is 2.00. The maximum atomic E-state index is 12.7. The summed E-state index contributed by atoms with van der Waals surface area (Å²) in [5.74, 6) is -2.30. The molecule has 1 aromatic carbocycles. The van der Waals surface area contributed by atoms with Gasteiger partial charge in [0.05, 0.1) is 18.6 Å². The zero-order valence-electron chi connectivity index (χ0n) is 22.1. The van der Waals surface area contributed by atoms with Gasteiger partial charge in [-0.2, -0.15) is 0 Å². The minimum atomic E-state index is -0.873. The van der Waals surface area contributed by atoms with Gasteiger partial charge in [-0.1, -0.05) is 26.0 Å². The predicted molar refractivity (Wildman–Crippen MR) is 138 cm³/mol. The molecule has 0 spiro atoms. The lowest BCUT2D eigenvalue weighted by Gasteiger charge is -2.28. The second-order valence-electron chi connectivity index (χ2n) is 10.4. The summed E-state index contributed by atoms with van der Waals surface area (Å²) in [6.45, 7) is 11.2. The normalized spacial score (nSPS) is 12.6. The van der Waals surface area contributed by atoms with Crippen molar-refractivity contribution in [1.82, 2.24) is 10.6 Å². The summed E-state index contributed by atoms with van der Waals surface area (Å²) < 4.78 is 10.5. The number of amides is 3. The molecule has 36 heavy (non-hydrogen) atoms. The van der Waals surface area contributed by atoms with Crippen molar-refractivity contribution in [1.29, 1.82) is 0 Å². The van der Waals surface area contributed by atoms with E-state index in [9.17, 15) is 19.2 Å². The van der Waals surface area contributed by atoms with E-state index in [1.807, 2.05) is 27.7 Å². The first kappa shape index (κ1) is 31.1. The van der Waals surface area contributed by atoms with E-state index in [1.165, 1.54) is 0 Å². The third kappa shape index (κ3) is 13.2. The Morgan fingerprint density at radius 1 is 1.03 bits per heavy atom. The van der Waals surface area contributed by atoms with E-state index in [0.29, 0.717) is 24.3 Å². The monoisotopic (exact) mass is 502 g/mol. The molecule has 1 rings (SSSR count). The van der Waals surface area contributed by atoms with Crippen molar-refractivity contribution in [3.05, 3.63) is 29.8 Å². The summed E-state index contributed by atoms with van der Waals surface area (Å²) in [5.41, 5.74) is 6.08. The van der Waals surface area contributed by atoms with Crippen molar-refractivity contribution >= 4 is 37.1 Å². The molecule has 0 fully saturated rings. The molecular formula is C25H39BN4O6. The zero-order chi connectivity index (χ0) is 27.5. The lowest BCUT2D eigenvalue weighted by atomic mass is 10.00. The lowest BCUT2D eigenvalue weighted by Crippen LogP contribution is -2.52. The number of hydrogen-bond donors (Lipinski definition) is 4. The molecule has 0 aliphatic rings. The summed E-state index contributed by atoms with van der Waals surface area (Å²) in [6.07, 6.45) is 0.709. The topological polar surface area (TPSA) is 149 Å². The fourth-order valence-corrected chi connectivity index (χ4v) is 3.11. The molecule has 11 heteroatoms. The molecule has 0 aliphatic carbocycles. The van der Waals surface area contributed by atoms with Gasteiger partial charge in [-0.3, -0.25) is 19.2 Å². The first-order chi connectivity index (χ1) is 16.6. The number of nitrogens with one attached hydrogen (secondary N) is 3. The molecule has 0 aromatic heterocycles. The van der Waals surface area contributed by atoms with Crippen LogP contribution in [0.5, 0.6) is 0 Å². The van der Waals surface area contributed by atoms with Crippen molar-refractivity contribution < 1.29 is 28.7 Å². The van der Waals surface area contributed by atoms with E-state index in [2.05, 4.69) is 16.0 Å². The number of nitrogens with two attached hydrogens (primary N) is 1. The average molecular weight is 502 g/mol. The Bertz CT molecular complexity index is 897. The number of rotatable bonds is 14. The van der Waals surface area contributed by atoms with Crippen molar-refractivity contribution in [3.8, 4) is 0 Å². The second kappa shape index (κ2) is 14.0. The van der Waals surface area contributed by atoms with Crippen LogP contribution in [-0.2, 0) is 30.5 Å². The minimum absolute atomic E-state index is 0.0249. The van der Waals surface area contributed by atoms with Gasteiger partial charge in [-0.05, 0) is 57.7 Å². The highest BCUT2D eigenvalue weighted by Gasteiger charge is 2.29. The Morgan fingerprint density at radius 2 is 1.64 bits per heavy atom. The largest absolute Gasteiger partial charge is 0.470 e. The number of ether oxygens (including phenoxy) is 2. The SMILES string of the molecule is [B]C(=O)OCc1ccc(NC(=O)CNC(=O)C(NC(=O)CC(C)(C)OCCC(C)(C)N)C(C)C)cc1. The molecule has 1 atom stereocenters. The van der Waals surface area contributed by atoms with Crippen molar-refractivity contribution in [2.45, 2.75) is 78.2 Å². The zero-order valence-corrected chi connectivity index (χ0v) is 22.1. The van der Waals surface area contributed by atoms with E-state index in [1.54, 1.807) is 38.1 Å². The Kier molecular flexibility index (Phi) is 12.1. The van der Waals surface area contributed by atoms with Gasteiger partial charge in [-0.25, -0.2) is 0 Å². The van der Waals surface area contributed by atoms with E-state index in [0.717, 1.165) is 0 Å². The smallest absolute Gasteiger partial charge is 0.243 e. The van der Waals surface area contributed by atoms with Crippen molar-refractivity contribution in [3.63, 3.8) is 0 Å². The number of carbonyl (C=O) groups excluding carboxylic acids is 4. The molecule has 198 valence electrons. The fraction of sp³-hybridized carbons (Fsp3) is 0.600. The van der Waals surface area contributed by atoms with E-state index in [4.69, 9.17) is 23.1 Å². The molecule has 10 nitrogen and oxygen atoms in total. The molecule has 0 saturated heterocycles. The molecule has 1 unspecified atom stereocenters. The van der Waals surface area contributed by atoms with Crippen LogP contribution in [0.3, 0.4) is 0 Å². The van der Waals surface area contributed by atoms with Gasteiger partial charge in [0.15, 0.2) is 0 Å². The summed E-state index contributed by atoms with van der Waals surface area (Å²) in [7, 11) is 4.93. The van der Waals surface area contributed by atoms with Gasteiger partial charge in [0.2, 0.25) is 31.4 Å². The lowest BCUT2D eigenvalue weighted by molar-refractivity contribution is -0.134. The van der Waals surface area contributed by atoms with Crippen molar-refractivity contribution in [2.24, 2.45) is 11.7 Å². The van der Waals surface area contributed by atoms with Gasteiger partial charge in [0, 0.05) is 17.8 Å². The maximum absolute atomic E-state index is 12.7. The number of benzene rings is 1. The molecule has 0 saturated carbocycles. The highest BCUT2D eigenvalue weighted by atomic mass is 16.5. The third-order valence-corrected chi connectivity index (χ3v) is 5.13. The average Bonchev–Trinajstić information content (AvgIpc) is 2.73. The Labute approximate surface area is 214 Å². The molecular weight excluding hydrogens is 463 g/mol. The van der Waals surface area contributed by atoms with Crippen LogP contribution in [0.4, 0.5) is 10.5 Å². The molecule has 0 bridgehead atoms. The molecule has 0 heterocycles. The highest BCUT2D eigenvalue weighted by molar-refractivity contribution is 6.55. The van der Waals surface area contributed by atoms with Crippen LogP contribution in [0.1, 0.15) is 59.9 Å². The van der Waals surface area contributed by atoms with Crippen LogP contribution >= 0.6 is 0 Å². The number of anilines is 1. The molecule has 2 radical (unpaired) electrons. The van der Waals surface area contributed by atoms with Crippen LogP contribution in [-0.4, -0.2) is 61.8 Å². The minimum Gasteiger partial charge on any atom is -0.470 e. The molecule has 0 aliphatic heterocycles. The fourth-order valence-electron chi connectivity index (χ4n) is 3.11. The van der Waals surface area contributed by atoms with Gasteiger partial charge >= 0.3 is 0 Å². The van der Waals surface area contributed by atoms with Crippen LogP contribution in [0.25, 0.3) is 0 Å². The molecule has 1 aromatic rings. The van der Waals surface area contributed by atoms with E-state index in [-0.39, 0.29) is 36.9 Å². The van der Waals surface area contributed by atoms with Gasteiger partial charge < -0.3 is 31.2 Å².